The molecule has 0 spiro atoms. The number of benzene rings is 6. The molecular weight excluding hydrogens is 1590 g/mol. The van der Waals surface area contributed by atoms with Crippen LogP contribution in [0.2, 0.25) is 37.3 Å². The van der Waals surface area contributed by atoms with E-state index >= 15 is 0 Å². The summed E-state index contributed by atoms with van der Waals surface area (Å²) in [6, 6.07) is 40.6. The Morgan fingerprint density at radius 3 is 0.782 bits per heavy atom. The maximum absolute atomic E-state index is 4.93. The second-order valence-electron chi connectivity index (χ2n) is 48.7. The Hall–Kier alpha value is -4.34. The first kappa shape index (κ1) is 100. The summed E-state index contributed by atoms with van der Waals surface area (Å²) in [5.74, 6) is 5.79. The van der Waals surface area contributed by atoms with Crippen molar-refractivity contribution in [1.82, 2.24) is 0 Å². The molecule has 119 heavy (non-hydrogen) atoms. The molecule has 6 aromatic carbocycles. The summed E-state index contributed by atoms with van der Waals surface area (Å²) in [6.07, 6.45) is 18.8. The van der Waals surface area contributed by atoms with Gasteiger partial charge in [0.25, 0.3) is 0 Å². The molecule has 0 N–H and O–H groups in total. The third-order valence-corrected chi connectivity index (χ3v) is 38.9. The van der Waals surface area contributed by atoms with Gasteiger partial charge in [-0.2, -0.15) is 0 Å². The molecule has 0 heterocycles. The average molecular weight is 1750 g/mol. The first-order valence-electron chi connectivity index (χ1n) is 45.6. The molecule has 2 saturated carbocycles. The van der Waals surface area contributed by atoms with Crippen LogP contribution in [0, 0.1) is 62.2 Å². The zero-order chi connectivity index (χ0) is 87.8. The first-order chi connectivity index (χ1) is 53.4. The van der Waals surface area contributed by atoms with Gasteiger partial charge in [0.15, 0.2) is 0 Å². The topological polar surface area (TPSA) is 0 Å². The third kappa shape index (κ3) is 21.0. The summed E-state index contributed by atoms with van der Waals surface area (Å²) in [5.41, 5.74) is 41.7. The van der Waals surface area contributed by atoms with Crippen molar-refractivity contribution in [2.45, 2.75) is 366 Å². The van der Waals surface area contributed by atoms with E-state index < -0.39 is 37.0 Å². The Kier molecular flexibility index (Phi) is 30.1. The van der Waals surface area contributed by atoms with Gasteiger partial charge in [0.05, 0.1) is 16.1 Å². The van der Waals surface area contributed by atoms with Gasteiger partial charge in [-0.05, 0) is 274 Å². The Morgan fingerprint density at radius 2 is 0.563 bits per heavy atom. The first-order valence-corrected chi connectivity index (χ1v) is 58.3. The summed E-state index contributed by atoms with van der Waals surface area (Å²) in [5, 5.41) is 0. The second-order valence-corrected chi connectivity index (χ2v) is 62.2. The molecule has 0 aliphatic heterocycles. The molecule has 2 fully saturated rings. The van der Waals surface area contributed by atoms with E-state index in [-0.39, 0.29) is 58.2 Å². The monoisotopic (exact) mass is 1750 g/mol. The minimum atomic E-state index is -2.13. The molecule has 0 nitrogen and oxygen atoms in total. The van der Waals surface area contributed by atoms with Crippen molar-refractivity contribution < 1.29 is 20.8 Å². The van der Waals surface area contributed by atoms with Crippen LogP contribution in [0.25, 0.3) is 45.6 Å². The summed E-state index contributed by atoms with van der Waals surface area (Å²) >= 11 is -0.826. The molecule has 6 aliphatic carbocycles. The van der Waals surface area contributed by atoms with E-state index in [0.29, 0.717) is 58.4 Å². The number of allylic oxidation sites excluding steroid dienone is 10. The van der Waals surface area contributed by atoms with Gasteiger partial charge in [-0.3, -0.25) is 0 Å². The van der Waals surface area contributed by atoms with Crippen molar-refractivity contribution in [3.63, 3.8) is 0 Å². The van der Waals surface area contributed by atoms with Gasteiger partial charge in [0, 0.05) is 11.1 Å². The molecule has 0 saturated heterocycles. The molecule has 10 unspecified atom stereocenters. The van der Waals surface area contributed by atoms with Crippen molar-refractivity contribution in [3.8, 4) is 22.3 Å². The number of hydrogen-bond donors (Lipinski definition) is 0. The van der Waals surface area contributed by atoms with Crippen LogP contribution in [0.3, 0.4) is 0 Å². The molecule has 6 aromatic rings. The molecule has 5 heteroatoms. The predicted octanol–water partition coefficient (Wildman–Crippen LogP) is 35.8. The van der Waals surface area contributed by atoms with Crippen LogP contribution in [-0.4, -0.2) is 16.1 Å². The molecule has 0 radical (unpaired) electrons. The Balaban J connectivity index is 0.000000282. The van der Waals surface area contributed by atoms with E-state index in [2.05, 4.69) is 409 Å². The molecular formula is C114H166Cl2Si2Zr. The van der Waals surface area contributed by atoms with Crippen molar-refractivity contribution in [1.29, 1.82) is 0 Å². The van der Waals surface area contributed by atoms with Crippen LogP contribution in [0.5, 0.6) is 0 Å². The van der Waals surface area contributed by atoms with Gasteiger partial charge < -0.3 is 14.9 Å². The van der Waals surface area contributed by atoms with Crippen LogP contribution in [0.1, 0.15) is 374 Å². The number of halogens is 2. The standard InChI is InChI=1S/C56H84Si.C56H76Si.2CH3.2ClH.Zr/c2*1-33(2)37-27-45(39-23-41(53(7,8)9)31-42(24-39)54(10,11)12)47-21-35(5)51(49(47)29-37)57(19,20)52-36(6)22-48-46(28-38(34(3)4)30-50(48)52)40-25-43(55(13,14)15)32-44(26-40)56(16,17)18;;;;;/h23-36,47-52H,21-22H2,1-20H3;21-34,51-52H,1-20H3;2*1H3;2*1H;/q;;2*-1;;;+4/p-2. The van der Waals surface area contributed by atoms with Gasteiger partial charge in [0.2, 0.25) is 0 Å². The predicted molar refractivity (Wildman–Crippen MR) is 538 cm³/mol. The molecule has 0 bridgehead atoms. The fourth-order valence-corrected chi connectivity index (χ4v) is 33.3. The molecule has 6 aliphatic rings. The molecule has 12 rings (SSSR count). The third-order valence-electron chi connectivity index (χ3n) is 29.0. The molecule has 648 valence electrons. The van der Waals surface area contributed by atoms with E-state index in [0.717, 1.165) is 22.9 Å². The summed E-state index contributed by atoms with van der Waals surface area (Å²) in [4.78, 5) is 0. The SMILES string of the molecule is CC(C)C1=CC2C(CC(C)C2[Si](C)(C)C2C(C)CC3C(c4cc(C(C)(C)C)cc(C(C)(C)C)c4)=CC(C(C)C)=CC32)C(c2cc(C(C)(C)C)cc(C(C)(C)C)c2)=C1.CC1=Cc2c(-c3cc(C(C)(C)C)cc(C(C)(C)C)c3)cc(C(C)C)cc2C1[Si](C)(C)C1C(C)=Cc2c(-c3cc(C(C)(C)C)cc(C(C)(C)C)c3)cc(C(C)C)cc21.[CH3-].[CH3-].[Cl][Zr+2][Cl]. The Labute approximate surface area is 753 Å². The van der Waals surface area contributed by atoms with E-state index in [1.54, 1.807) is 44.6 Å². The summed E-state index contributed by atoms with van der Waals surface area (Å²) in [7, 11) is 5.86. The zero-order valence-corrected chi connectivity index (χ0v) is 89.4. The number of hydrogen-bond acceptors (Lipinski definition) is 0. The maximum atomic E-state index is 4.93. The van der Waals surface area contributed by atoms with Crippen molar-refractivity contribution in [2.75, 3.05) is 0 Å². The second kappa shape index (κ2) is 35.8. The minimum absolute atomic E-state index is 0. The van der Waals surface area contributed by atoms with Crippen LogP contribution in [-0.2, 0) is 64.2 Å². The Bertz CT molecular complexity index is 4450. The van der Waals surface area contributed by atoms with Crippen molar-refractivity contribution in [3.05, 3.63) is 248 Å². The number of fused-ring (bicyclic) bond motifs is 4. The van der Waals surface area contributed by atoms with E-state index in [1.807, 2.05) is 0 Å². The zero-order valence-electron chi connectivity index (χ0n) is 83.5. The Morgan fingerprint density at radius 1 is 0.328 bits per heavy atom. The van der Waals surface area contributed by atoms with Gasteiger partial charge in [-0.25, -0.2) is 0 Å². The molecule has 0 amide bonds. The average Bonchev–Trinajstić information content (AvgIpc) is 1.57. The fraction of sp³-hybridized carbons (Fsp3) is 0.561. The fourth-order valence-electron chi connectivity index (χ4n) is 22.1. The van der Waals surface area contributed by atoms with E-state index in [9.17, 15) is 0 Å². The van der Waals surface area contributed by atoms with Crippen LogP contribution in [0.15, 0.2) is 144 Å². The van der Waals surface area contributed by atoms with Crippen LogP contribution < -0.4 is 0 Å². The normalized spacial score (nSPS) is 22.2. The van der Waals surface area contributed by atoms with Gasteiger partial charge in [-0.1, -0.05) is 406 Å². The van der Waals surface area contributed by atoms with Gasteiger partial charge in [-0.15, -0.1) is 0 Å². The molecule has 0 aromatic heterocycles. The van der Waals surface area contributed by atoms with Crippen LogP contribution in [0.4, 0.5) is 0 Å². The van der Waals surface area contributed by atoms with Crippen molar-refractivity contribution >= 4 is 56.5 Å². The summed E-state index contributed by atoms with van der Waals surface area (Å²) < 4.78 is 0. The quantitative estimate of drug-likeness (QED) is 0.0846. The van der Waals surface area contributed by atoms with Gasteiger partial charge in [0.1, 0.15) is 0 Å². The van der Waals surface area contributed by atoms with Crippen molar-refractivity contribution in [2.24, 2.45) is 47.3 Å². The van der Waals surface area contributed by atoms with Crippen LogP contribution >= 0.6 is 17.0 Å². The number of rotatable bonds is 12. The van der Waals surface area contributed by atoms with E-state index in [1.165, 1.54) is 113 Å². The van der Waals surface area contributed by atoms with E-state index in [4.69, 9.17) is 17.0 Å². The summed E-state index contributed by atoms with van der Waals surface area (Å²) in [6.45, 7) is 97.6. The molecule has 10 atom stereocenters. The van der Waals surface area contributed by atoms with Gasteiger partial charge >= 0.3 is 37.9 Å².